The normalized spacial score (nSPS) is 13.3. The summed E-state index contributed by atoms with van der Waals surface area (Å²) in [5.41, 5.74) is 8.67. The van der Waals surface area contributed by atoms with Gasteiger partial charge in [0.15, 0.2) is 0 Å². The number of hydrogen-bond acceptors (Lipinski definition) is 3. The van der Waals surface area contributed by atoms with Gasteiger partial charge in [-0.2, -0.15) is 0 Å². The summed E-state index contributed by atoms with van der Waals surface area (Å²) in [6.45, 7) is 1.16. The zero-order valence-corrected chi connectivity index (χ0v) is 13.5. The van der Waals surface area contributed by atoms with Crippen LogP contribution in [0.3, 0.4) is 0 Å². The minimum atomic E-state index is -0.257. The number of nitrogens with two attached hydrogens (primary N) is 1. The molecule has 5 nitrogen and oxygen atoms in total. The fraction of sp³-hybridized carbons (Fsp3) is 0.263. The Kier molecular flexibility index (Phi) is 4.91. The van der Waals surface area contributed by atoms with Crippen molar-refractivity contribution in [1.82, 2.24) is 4.90 Å². The van der Waals surface area contributed by atoms with E-state index < -0.39 is 0 Å². The van der Waals surface area contributed by atoms with Gasteiger partial charge in [-0.3, -0.25) is 9.59 Å². The summed E-state index contributed by atoms with van der Waals surface area (Å²) in [6.07, 6.45) is 0.845. The number of nitrogens with zero attached hydrogens (tertiary/aromatic N) is 2. The van der Waals surface area contributed by atoms with Crippen molar-refractivity contribution in [3.63, 3.8) is 0 Å². The van der Waals surface area contributed by atoms with Crippen molar-refractivity contribution in [3.05, 3.63) is 65.7 Å². The van der Waals surface area contributed by atoms with E-state index in [1.807, 2.05) is 47.4 Å². The molecule has 0 saturated carbocycles. The lowest BCUT2D eigenvalue weighted by Gasteiger charge is -2.31. The van der Waals surface area contributed by atoms with E-state index in [2.05, 4.69) is 12.1 Å². The van der Waals surface area contributed by atoms with Gasteiger partial charge in [0, 0.05) is 18.8 Å². The predicted molar refractivity (Wildman–Crippen MR) is 93.4 cm³/mol. The number of hydrogen-bond donors (Lipinski definition) is 1. The molecule has 2 amide bonds. The Bertz CT molecular complexity index is 730. The van der Waals surface area contributed by atoms with Gasteiger partial charge >= 0.3 is 0 Å². The fourth-order valence-corrected chi connectivity index (χ4v) is 2.99. The van der Waals surface area contributed by atoms with Crippen molar-refractivity contribution in [1.29, 1.82) is 0 Å². The zero-order chi connectivity index (χ0) is 16.9. The highest BCUT2D eigenvalue weighted by Crippen LogP contribution is 2.20. The highest BCUT2D eigenvalue weighted by atomic mass is 16.2. The van der Waals surface area contributed by atoms with Gasteiger partial charge in [-0.1, -0.05) is 42.5 Å². The lowest BCUT2D eigenvalue weighted by molar-refractivity contribution is -0.132. The molecule has 0 fully saturated rings. The molecule has 1 aliphatic rings. The summed E-state index contributed by atoms with van der Waals surface area (Å²) in [5.74, 6) is -0.317. The van der Waals surface area contributed by atoms with Crippen LogP contribution in [0, 0.1) is 0 Å². The quantitative estimate of drug-likeness (QED) is 0.928. The maximum atomic E-state index is 12.7. The Hall–Kier alpha value is -2.66. The second-order valence-corrected chi connectivity index (χ2v) is 5.85. The van der Waals surface area contributed by atoms with Crippen molar-refractivity contribution in [2.75, 3.05) is 24.5 Å². The lowest BCUT2D eigenvalue weighted by Crippen LogP contribution is -2.46. The first-order valence-electron chi connectivity index (χ1n) is 8.09. The average Bonchev–Trinajstić information content (AvgIpc) is 2.65. The molecule has 2 N–H and O–H groups in total. The minimum Gasteiger partial charge on any atom is -0.336 e. The molecular weight excluding hydrogens is 302 g/mol. The van der Waals surface area contributed by atoms with Crippen LogP contribution in [0.25, 0.3) is 0 Å². The van der Waals surface area contributed by atoms with E-state index in [0.29, 0.717) is 18.8 Å². The number of anilines is 1. The van der Waals surface area contributed by atoms with Gasteiger partial charge in [-0.25, -0.2) is 0 Å². The molecule has 0 bridgehead atoms. The molecule has 5 heteroatoms. The Morgan fingerprint density at radius 2 is 1.67 bits per heavy atom. The standard InChI is InChI=1S/C19H21N3O2/c20-12-18(23)22(17-8-2-1-3-9-17)14-19(24)21-11-10-15-6-4-5-7-16(15)13-21/h1-9H,10-14,20H2. The van der Waals surface area contributed by atoms with Crippen LogP contribution in [0.5, 0.6) is 0 Å². The smallest absolute Gasteiger partial charge is 0.242 e. The van der Waals surface area contributed by atoms with Crippen LogP contribution >= 0.6 is 0 Å². The van der Waals surface area contributed by atoms with Crippen LogP contribution in [0.1, 0.15) is 11.1 Å². The number of rotatable bonds is 4. The fourth-order valence-electron chi connectivity index (χ4n) is 2.99. The van der Waals surface area contributed by atoms with Crippen LogP contribution in [0.4, 0.5) is 5.69 Å². The summed E-state index contributed by atoms with van der Waals surface area (Å²) in [4.78, 5) is 28.1. The number of para-hydroxylation sites is 1. The van der Waals surface area contributed by atoms with Gasteiger partial charge in [0.2, 0.25) is 11.8 Å². The minimum absolute atomic E-state index is 0.0161. The van der Waals surface area contributed by atoms with Gasteiger partial charge in [0.05, 0.1) is 6.54 Å². The molecule has 0 aliphatic carbocycles. The number of fused-ring (bicyclic) bond motifs is 1. The van der Waals surface area contributed by atoms with Crippen molar-refractivity contribution < 1.29 is 9.59 Å². The van der Waals surface area contributed by atoms with E-state index in [1.54, 1.807) is 0 Å². The van der Waals surface area contributed by atoms with Gasteiger partial charge in [0.1, 0.15) is 6.54 Å². The van der Waals surface area contributed by atoms with Crippen LogP contribution in [-0.4, -0.2) is 36.3 Å². The summed E-state index contributed by atoms with van der Waals surface area (Å²) in [5, 5.41) is 0. The van der Waals surface area contributed by atoms with E-state index in [9.17, 15) is 9.59 Å². The van der Waals surface area contributed by atoms with Crippen molar-refractivity contribution in [2.24, 2.45) is 5.73 Å². The molecule has 1 aliphatic heterocycles. The molecule has 3 rings (SSSR count). The van der Waals surface area contributed by atoms with Crippen LogP contribution in [0.15, 0.2) is 54.6 Å². The summed E-state index contributed by atoms with van der Waals surface area (Å²) >= 11 is 0. The second-order valence-electron chi connectivity index (χ2n) is 5.85. The maximum Gasteiger partial charge on any atom is 0.242 e. The third-order valence-corrected chi connectivity index (χ3v) is 4.32. The van der Waals surface area contributed by atoms with E-state index in [0.717, 1.165) is 6.42 Å². The third kappa shape index (κ3) is 3.46. The topological polar surface area (TPSA) is 66.6 Å². The SMILES string of the molecule is NCC(=O)N(CC(=O)N1CCc2ccccc2C1)c1ccccc1. The highest BCUT2D eigenvalue weighted by Gasteiger charge is 2.24. The van der Waals surface area contributed by atoms with Crippen molar-refractivity contribution >= 4 is 17.5 Å². The zero-order valence-electron chi connectivity index (χ0n) is 13.5. The molecule has 2 aromatic rings. The molecule has 0 radical (unpaired) electrons. The molecule has 0 unspecified atom stereocenters. The Labute approximate surface area is 141 Å². The lowest BCUT2D eigenvalue weighted by atomic mass is 10.00. The molecule has 0 saturated heterocycles. The molecule has 124 valence electrons. The Morgan fingerprint density at radius 1 is 1.00 bits per heavy atom. The molecular formula is C19H21N3O2. The number of benzene rings is 2. The monoisotopic (exact) mass is 323 g/mol. The molecule has 24 heavy (non-hydrogen) atoms. The Morgan fingerprint density at radius 3 is 2.38 bits per heavy atom. The van der Waals surface area contributed by atoms with Gasteiger partial charge in [0.25, 0.3) is 0 Å². The van der Waals surface area contributed by atoms with Gasteiger partial charge in [-0.15, -0.1) is 0 Å². The number of carbonyl (C=O) groups is 2. The third-order valence-electron chi connectivity index (χ3n) is 4.32. The van der Waals surface area contributed by atoms with E-state index >= 15 is 0 Å². The largest absolute Gasteiger partial charge is 0.336 e. The van der Waals surface area contributed by atoms with E-state index in [-0.39, 0.29) is 24.9 Å². The summed E-state index contributed by atoms with van der Waals surface area (Å²) in [6, 6.07) is 17.3. The first kappa shape index (κ1) is 16.2. The van der Waals surface area contributed by atoms with Crippen molar-refractivity contribution in [2.45, 2.75) is 13.0 Å². The van der Waals surface area contributed by atoms with Crippen LogP contribution in [0.2, 0.25) is 0 Å². The van der Waals surface area contributed by atoms with Gasteiger partial charge < -0.3 is 15.5 Å². The van der Waals surface area contributed by atoms with Crippen LogP contribution < -0.4 is 10.6 Å². The van der Waals surface area contributed by atoms with E-state index in [4.69, 9.17) is 5.73 Å². The molecule has 1 heterocycles. The molecule has 0 aromatic heterocycles. The highest BCUT2D eigenvalue weighted by molar-refractivity contribution is 5.99. The summed E-state index contributed by atoms with van der Waals surface area (Å²) < 4.78 is 0. The summed E-state index contributed by atoms with van der Waals surface area (Å²) in [7, 11) is 0. The predicted octanol–water partition coefficient (Wildman–Crippen LogP) is 1.56. The maximum absolute atomic E-state index is 12.7. The van der Waals surface area contributed by atoms with Gasteiger partial charge in [-0.05, 0) is 29.7 Å². The molecule has 0 atom stereocenters. The first-order valence-corrected chi connectivity index (χ1v) is 8.09. The van der Waals surface area contributed by atoms with E-state index in [1.165, 1.54) is 16.0 Å². The molecule has 2 aromatic carbocycles. The van der Waals surface area contributed by atoms with Crippen molar-refractivity contribution in [3.8, 4) is 0 Å². The number of amides is 2. The Balaban J connectivity index is 1.74. The van der Waals surface area contributed by atoms with Crippen LogP contribution in [-0.2, 0) is 22.6 Å². The number of carbonyl (C=O) groups excluding carboxylic acids is 2. The molecule has 0 spiro atoms. The second kappa shape index (κ2) is 7.27. The average molecular weight is 323 g/mol. The first-order chi connectivity index (χ1) is 11.7.